The monoisotopic (exact) mass is 168 g/mol. The molecular weight excluding hydrogens is 159 g/mol. The molecule has 0 bridgehead atoms. The van der Waals surface area contributed by atoms with Crippen LogP contribution >= 0.6 is 0 Å². The normalized spacial score (nSPS) is 12.8. The summed E-state index contributed by atoms with van der Waals surface area (Å²) in [6, 6.07) is 0. The first kappa shape index (κ1) is 10.5. The topological polar surface area (TPSA) is 0 Å². The number of rotatable bonds is 4. The molecule has 0 N–H and O–H groups in total. The van der Waals surface area contributed by atoms with Crippen LogP contribution in [-0.4, -0.2) is 7.27 Å². The molecule has 11 heavy (non-hydrogen) atoms. The Morgan fingerprint density at radius 2 is 1.82 bits per heavy atom. The van der Waals surface area contributed by atoms with Crippen LogP contribution in [0.4, 0.5) is 17.4 Å². The van der Waals surface area contributed by atoms with Gasteiger partial charge in [-0.05, 0) is 6.42 Å². The van der Waals surface area contributed by atoms with Gasteiger partial charge in [0.25, 0.3) is 0 Å². The molecule has 0 rings (SSSR count). The summed E-state index contributed by atoms with van der Waals surface area (Å²) in [7, 11) is -3.31. The van der Waals surface area contributed by atoms with Gasteiger partial charge >= 0.3 is 7.27 Å². The average Bonchev–Trinajstić information content (AvgIpc) is 1.98. The highest BCUT2D eigenvalue weighted by atomic mass is 19.2. The van der Waals surface area contributed by atoms with Crippen molar-refractivity contribution in [2.24, 2.45) is 0 Å². The molecule has 5 heteroatoms. The van der Waals surface area contributed by atoms with Gasteiger partial charge in [0.15, 0.2) is 5.73 Å². The Kier molecular flexibility index (Phi) is 4.99. The molecule has 0 aliphatic heterocycles. The fraction of sp³-hybridized carbons (Fsp3) is 0.667. The van der Waals surface area contributed by atoms with Gasteiger partial charge in [0.1, 0.15) is 5.83 Å². The van der Waals surface area contributed by atoms with E-state index in [0.717, 1.165) is 0 Å². The van der Waals surface area contributed by atoms with Crippen LogP contribution in [0.15, 0.2) is 11.6 Å². The van der Waals surface area contributed by atoms with E-state index in [0.29, 0.717) is 12.8 Å². The minimum Gasteiger partial charge on any atom is -0.279 e. The van der Waals surface area contributed by atoms with Crippen LogP contribution in [0, 0.1) is 0 Å². The van der Waals surface area contributed by atoms with Crippen molar-refractivity contribution in [3.63, 3.8) is 0 Å². The molecule has 0 aromatic heterocycles. The van der Waals surface area contributed by atoms with E-state index in [1.807, 2.05) is 0 Å². The standard InChI is InChI=1S/C6H9BF4/c1-2-3-4-5(8)6(9)7(10)11/h2-4H2,1H3/b6-5+. The van der Waals surface area contributed by atoms with Crippen LogP contribution in [0.2, 0.25) is 0 Å². The van der Waals surface area contributed by atoms with Crippen LogP contribution < -0.4 is 0 Å². The highest BCUT2D eigenvalue weighted by Crippen LogP contribution is 2.18. The van der Waals surface area contributed by atoms with Gasteiger partial charge in [0, 0.05) is 6.42 Å². The van der Waals surface area contributed by atoms with Gasteiger partial charge in [-0.25, -0.2) is 8.78 Å². The summed E-state index contributed by atoms with van der Waals surface area (Å²) < 4.78 is 47.1. The average molecular weight is 168 g/mol. The molecule has 0 atom stereocenters. The molecule has 0 aromatic carbocycles. The third-order valence-electron chi connectivity index (χ3n) is 1.20. The molecule has 0 spiro atoms. The fourth-order valence-electron chi connectivity index (χ4n) is 0.570. The first-order valence-electron chi connectivity index (χ1n) is 3.41. The van der Waals surface area contributed by atoms with Crippen LogP contribution in [0.3, 0.4) is 0 Å². The molecule has 0 heterocycles. The predicted octanol–water partition coefficient (Wildman–Crippen LogP) is 3.29. The molecular formula is C6H9BF4. The first-order chi connectivity index (χ1) is 5.09. The van der Waals surface area contributed by atoms with Gasteiger partial charge in [0.2, 0.25) is 0 Å². The Morgan fingerprint density at radius 1 is 1.27 bits per heavy atom. The zero-order chi connectivity index (χ0) is 8.85. The Morgan fingerprint density at radius 3 is 2.18 bits per heavy atom. The van der Waals surface area contributed by atoms with Crippen molar-refractivity contribution >= 4 is 7.27 Å². The third-order valence-corrected chi connectivity index (χ3v) is 1.20. The van der Waals surface area contributed by atoms with Crippen molar-refractivity contribution < 1.29 is 17.4 Å². The SMILES string of the molecule is CCCC/C(F)=C(\F)B(F)F. The summed E-state index contributed by atoms with van der Waals surface area (Å²) in [5, 5.41) is 0. The van der Waals surface area contributed by atoms with Crippen LogP contribution in [0.1, 0.15) is 26.2 Å². The number of allylic oxidation sites excluding steroid dienone is 1. The van der Waals surface area contributed by atoms with Crippen LogP contribution in [-0.2, 0) is 0 Å². The van der Waals surface area contributed by atoms with Crippen LogP contribution in [0.25, 0.3) is 0 Å². The lowest BCUT2D eigenvalue weighted by atomic mass is 9.95. The van der Waals surface area contributed by atoms with Gasteiger partial charge < -0.3 is 0 Å². The Bertz CT molecular complexity index is 144. The first-order valence-corrected chi connectivity index (χ1v) is 3.41. The van der Waals surface area contributed by atoms with Crippen molar-refractivity contribution in [3.8, 4) is 0 Å². The molecule has 0 unspecified atom stereocenters. The summed E-state index contributed by atoms with van der Waals surface area (Å²) in [4.78, 5) is 0. The van der Waals surface area contributed by atoms with Gasteiger partial charge in [-0.15, -0.1) is 0 Å². The second-order valence-electron chi connectivity index (χ2n) is 2.16. The molecule has 0 aromatic rings. The zero-order valence-electron chi connectivity index (χ0n) is 6.21. The quantitative estimate of drug-likeness (QED) is 0.446. The van der Waals surface area contributed by atoms with Gasteiger partial charge in [-0.1, -0.05) is 13.3 Å². The highest BCUT2D eigenvalue weighted by molar-refractivity contribution is 6.51. The summed E-state index contributed by atoms with van der Waals surface area (Å²) >= 11 is 0. The maximum atomic E-state index is 12.3. The third kappa shape index (κ3) is 4.06. The lowest BCUT2D eigenvalue weighted by Gasteiger charge is -1.95. The number of halogens is 4. The molecule has 0 saturated carbocycles. The lowest BCUT2D eigenvalue weighted by Crippen LogP contribution is -2.00. The van der Waals surface area contributed by atoms with Gasteiger partial charge in [-0.3, -0.25) is 8.63 Å². The number of hydrogen-bond acceptors (Lipinski definition) is 0. The van der Waals surface area contributed by atoms with E-state index < -0.39 is 18.8 Å². The lowest BCUT2D eigenvalue weighted by molar-refractivity contribution is 0.499. The van der Waals surface area contributed by atoms with Gasteiger partial charge in [0.05, 0.1) is 0 Å². The van der Waals surface area contributed by atoms with Crippen molar-refractivity contribution in [1.82, 2.24) is 0 Å². The molecule has 0 saturated heterocycles. The minimum absolute atomic E-state index is 0.229. The molecule has 0 nitrogen and oxygen atoms in total. The van der Waals surface area contributed by atoms with E-state index in [-0.39, 0.29) is 6.42 Å². The van der Waals surface area contributed by atoms with Crippen molar-refractivity contribution in [3.05, 3.63) is 11.6 Å². The predicted molar refractivity (Wildman–Crippen MR) is 36.7 cm³/mol. The molecule has 0 radical (unpaired) electrons. The molecule has 0 aliphatic carbocycles. The summed E-state index contributed by atoms with van der Waals surface area (Å²) in [5.41, 5.74) is -1.92. The van der Waals surface area contributed by atoms with E-state index in [9.17, 15) is 17.4 Å². The zero-order valence-corrected chi connectivity index (χ0v) is 6.21. The minimum atomic E-state index is -3.31. The Hall–Kier alpha value is -0.475. The maximum Gasteiger partial charge on any atom is 0.603 e. The summed E-state index contributed by atoms with van der Waals surface area (Å²) in [6.45, 7) is 1.77. The van der Waals surface area contributed by atoms with E-state index >= 15 is 0 Å². The molecule has 0 fully saturated rings. The van der Waals surface area contributed by atoms with E-state index in [1.165, 1.54) is 0 Å². The van der Waals surface area contributed by atoms with Crippen molar-refractivity contribution in [2.45, 2.75) is 26.2 Å². The fourth-order valence-corrected chi connectivity index (χ4v) is 0.570. The van der Waals surface area contributed by atoms with E-state index in [4.69, 9.17) is 0 Å². The second-order valence-corrected chi connectivity index (χ2v) is 2.16. The molecule has 0 aliphatic rings. The summed E-state index contributed by atoms with van der Waals surface area (Å²) in [6.07, 6.45) is 0.822. The van der Waals surface area contributed by atoms with Gasteiger partial charge in [-0.2, -0.15) is 0 Å². The number of hydrogen-bond donors (Lipinski definition) is 0. The molecule has 64 valence electrons. The molecule has 0 amide bonds. The highest BCUT2D eigenvalue weighted by Gasteiger charge is 2.24. The Balaban J connectivity index is 3.94. The summed E-state index contributed by atoms with van der Waals surface area (Å²) in [5.74, 6) is -1.32. The van der Waals surface area contributed by atoms with Crippen LogP contribution in [0.5, 0.6) is 0 Å². The maximum absolute atomic E-state index is 12.3. The van der Waals surface area contributed by atoms with Crippen molar-refractivity contribution in [1.29, 1.82) is 0 Å². The van der Waals surface area contributed by atoms with Crippen molar-refractivity contribution in [2.75, 3.05) is 0 Å². The smallest absolute Gasteiger partial charge is 0.279 e. The second kappa shape index (κ2) is 5.21. The van der Waals surface area contributed by atoms with E-state index in [1.54, 1.807) is 6.92 Å². The Labute approximate surface area is 63.5 Å². The van der Waals surface area contributed by atoms with E-state index in [2.05, 4.69) is 0 Å². The number of unbranched alkanes of at least 4 members (excludes halogenated alkanes) is 1. The largest absolute Gasteiger partial charge is 0.603 e.